The Morgan fingerprint density at radius 2 is 1.75 bits per heavy atom. The number of anilines is 2. The first-order valence-corrected chi connectivity index (χ1v) is 9.06. The van der Waals surface area contributed by atoms with E-state index < -0.39 is 10.6 Å². The van der Waals surface area contributed by atoms with Crippen LogP contribution in [0, 0.1) is 24.0 Å². The molecule has 0 aliphatic rings. The van der Waals surface area contributed by atoms with Gasteiger partial charge in [0, 0.05) is 5.02 Å². The summed E-state index contributed by atoms with van der Waals surface area (Å²) in [5, 5.41) is 15.6. The van der Waals surface area contributed by atoms with Crippen molar-refractivity contribution in [2.75, 3.05) is 5.32 Å². The average Bonchev–Trinajstić information content (AvgIpc) is 2.63. The molecular formula is C18H13Cl3N4O3. The summed E-state index contributed by atoms with van der Waals surface area (Å²) < 4.78 is 5.67. The van der Waals surface area contributed by atoms with E-state index in [1.807, 2.05) is 13.8 Å². The van der Waals surface area contributed by atoms with E-state index in [1.54, 1.807) is 30.3 Å². The first-order chi connectivity index (χ1) is 13.3. The van der Waals surface area contributed by atoms with E-state index in [-0.39, 0.29) is 16.7 Å². The fourth-order valence-electron chi connectivity index (χ4n) is 2.50. The highest BCUT2D eigenvalue weighted by Crippen LogP contribution is 2.39. The van der Waals surface area contributed by atoms with E-state index >= 15 is 0 Å². The second-order valence-corrected chi connectivity index (χ2v) is 7.00. The van der Waals surface area contributed by atoms with Crippen LogP contribution in [0.25, 0.3) is 0 Å². The number of rotatable bonds is 5. The zero-order valence-corrected chi connectivity index (χ0v) is 16.9. The van der Waals surface area contributed by atoms with Gasteiger partial charge in [0.25, 0.3) is 0 Å². The Bertz CT molecular complexity index is 1050. The first kappa shape index (κ1) is 20.1. The van der Waals surface area contributed by atoms with Crippen LogP contribution in [-0.2, 0) is 0 Å². The molecule has 1 heterocycles. The Labute approximate surface area is 175 Å². The van der Waals surface area contributed by atoms with E-state index in [9.17, 15) is 10.1 Å². The van der Waals surface area contributed by atoms with Crippen molar-refractivity contribution in [3.8, 4) is 11.6 Å². The van der Waals surface area contributed by atoms with Gasteiger partial charge in [0.2, 0.25) is 5.82 Å². The van der Waals surface area contributed by atoms with E-state index in [0.29, 0.717) is 21.5 Å². The van der Waals surface area contributed by atoms with Gasteiger partial charge in [0.05, 0.1) is 20.7 Å². The number of halogens is 3. The van der Waals surface area contributed by atoms with Crippen molar-refractivity contribution >= 4 is 52.0 Å². The van der Waals surface area contributed by atoms with Crippen LogP contribution in [-0.4, -0.2) is 14.9 Å². The molecule has 1 aromatic heterocycles. The molecule has 144 valence electrons. The van der Waals surface area contributed by atoms with Crippen LogP contribution in [0.4, 0.5) is 17.2 Å². The van der Waals surface area contributed by atoms with Crippen molar-refractivity contribution in [2.24, 2.45) is 0 Å². The van der Waals surface area contributed by atoms with Crippen molar-refractivity contribution in [3.63, 3.8) is 0 Å². The number of ether oxygens (including phenoxy) is 1. The lowest BCUT2D eigenvalue weighted by molar-refractivity contribution is -0.385. The van der Waals surface area contributed by atoms with Crippen molar-refractivity contribution in [1.82, 2.24) is 9.97 Å². The molecule has 0 aliphatic heterocycles. The Balaban J connectivity index is 2.03. The van der Waals surface area contributed by atoms with Gasteiger partial charge in [0.1, 0.15) is 12.1 Å². The van der Waals surface area contributed by atoms with E-state index in [1.165, 1.54) is 0 Å². The summed E-state index contributed by atoms with van der Waals surface area (Å²) in [4.78, 5) is 18.9. The van der Waals surface area contributed by atoms with Gasteiger partial charge in [0.15, 0.2) is 0 Å². The minimum Gasteiger partial charge on any atom is -0.434 e. The number of aromatic nitrogens is 2. The highest BCUT2D eigenvalue weighted by molar-refractivity contribution is 6.43. The van der Waals surface area contributed by atoms with E-state index in [2.05, 4.69) is 15.3 Å². The number of nitrogens with zero attached hydrogens (tertiary/aromatic N) is 3. The van der Waals surface area contributed by atoms with Crippen LogP contribution in [0.1, 0.15) is 11.1 Å². The molecule has 3 rings (SSSR count). The average molecular weight is 440 g/mol. The third-order valence-electron chi connectivity index (χ3n) is 3.80. The van der Waals surface area contributed by atoms with Crippen LogP contribution >= 0.6 is 34.8 Å². The molecule has 1 N–H and O–H groups in total. The lowest BCUT2D eigenvalue weighted by atomic mass is 10.1. The van der Waals surface area contributed by atoms with Gasteiger partial charge >= 0.3 is 11.6 Å². The minimum atomic E-state index is -0.633. The number of hydrogen-bond acceptors (Lipinski definition) is 6. The molecule has 0 bridgehead atoms. The first-order valence-electron chi connectivity index (χ1n) is 7.93. The highest BCUT2D eigenvalue weighted by Gasteiger charge is 2.26. The summed E-state index contributed by atoms with van der Waals surface area (Å²) >= 11 is 18.3. The maximum Gasteiger partial charge on any atom is 0.373 e. The normalized spacial score (nSPS) is 10.6. The fraction of sp³-hybridized carbons (Fsp3) is 0.111. The molecule has 0 aliphatic carbocycles. The summed E-state index contributed by atoms with van der Waals surface area (Å²) in [6.45, 7) is 3.62. The van der Waals surface area contributed by atoms with Crippen LogP contribution in [0.5, 0.6) is 11.6 Å². The van der Waals surface area contributed by atoms with Crippen molar-refractivity contribution in [1.29, 1.82) is 0 Å². The molecule has 0 fully saturated rings. The van der Waals surface area contributed by atoms with E-state index in [0.717, 1.165) is 17.5 Å². The van der Waals surface area contributed by atoms with Crippen LogP contribution in [0.3, 0.4) is 0 Å². The molecule has 0 spiro atoms. The zero-order chi connectivity index (χ0) is 20.4. The summed E-state index contributed by atoms with van der Waals surface area (Å²) in [6.07, 6.45) is 1.15. The lowest BCUT2D eigenvalue weighted by Crippen LogP contribution is -2.04. The molecule has 28 heavy (non-hydrogen) atoms. The predicted octanol–water partition coefficient (Wildman–Crippen LogP) is 6.50. The molecule has 0 unspecified atom stereocenters. The lowest BCUT2D eigenvalue weighted by Gasteiger charge is -2.12. The van der Waals surface area contributed by atoms with E-state index in [4.69, 9.17) is 39.5 Å². The fourth-order valence-corrected chi connectivity index (χ4v) is 2.95. The molecule has 0 saturated heterocycles. The second-order valence-electron chi connectivity index (χ2n) is 5.83. The molecule has 2 aromatic carbocycles. The molecule has 7 nitrogen and oxygen atoms in total. The summed E-state index contributed by atoms with van der Waals surface area (Å²) in [5.74, 6) is 0.0660. The molecule has 0 atom stereocenters. The van der Waals surface area contributed by atoms with Gasteiger partial charge in [-0.2, -0.15) is 4.98 Å². The summed E-state index contributed by atoms with van der Waals surface area (Å²) in [6, 6.07) is 8.21. The highest BCUT2D eigenvalue weighted by atomic mass is 35.5. The van der Waals surface area contributed by atoms with Crippen LogP contribution in [0.15, 0.2) is 36.7 Å². The van der Waals surface area contributed by atoms with Gasteiger partial charge in [-0.25, -0.2) is 4.98 Å². The standard InChI is InChI=1S/C18H13Cl3N4O3/c1-9-6-11(7-10(2)14(9)20)28-18-16(25(26)27)17(22-8-23-18)24-13-5-3-4-12(19)15(13)21/h3-8H,1-2H3,(H,22,23,24). The van der Waals surface area contributed by atoms with Gasteiger partial charge in [-0.15, -0.1) is 0 Å². The number of aryl methyl sites for hydroxylation is 2. The zero-order valence-electron chi connectivity index (χ0n) is 14.7. The maximum absolute atomic E-state index is 11.7. The van der Waals surface area contributed by atoms with Crippen molar-refractivity contribution in [2.45, 2.75) is 13.8 Å². The largest absolute Gasteiger partial charge is 0.434 e. The molecule has 0 amide bonds. The van der Waals surface area contributed by atoms with Crippen molar-refractivity contribution in [3.05, 3.63) is 73.0 Å². The minimum absolute atomic E-state index is 0.0819. The molecular weight excluding hydrogens is 427 g/mol. The summed E-state index contributed by atoms with van der Waals surface area (Å²) in [7, 11) is 0. The second kappa shape index (κ2) is 8.18. The molecule has 0 saturated carbocycles. The van der Waals surface area contributed by atoms with Gasteiger partial charge in [-0.05, 0) is 49.2 Å². The Morgan fingerprint density at radius 3 is 2.39 bits per heavy atom. The quantitative estimate of drug-likeness (QED) is 0.360. The topological polar surface area (TPSA) is 90.2 Å². The molecule has 3 aromatic rings. The third kappa shape index (κ3) is 4.11. The maximum atomic E-state index is 11.7. The number of nitrogens with one attached hydrogen (secondary N) is 1. The van der Waals surface area contributed by atoms with Gasteiger partial charge < -0.3 is 10.1 Å². The molecule has 0 radical (unpaired) electrons. The Kier molecular flexibility index (Phi) is 5.88. The number of nitro groups is 1. The molecule has 10 heteroatoms. The smallest absolute Gasteiger partial charge is 0.373 e. The van der Waals surface area contributed by atoms with Gasteiger partial charge in [-0.3, -0.25) is 10.1 Å². The number of hydrogen-bond donors (Lipinski definition) is 1. The van der Waals surface area contributed by atoms with Gasteiger partial charge in [-0.1, -0.05) is 40.9 Å². The number of benzene rings is 2. The predicted molar refractivity (Wildman–Crippen MR) is 109 cm³/mol. The monoisotopic (exact) mass is 438 g/mol. The van der Waals surface area contributed by atoms with Crippen LogP contribution < -0.4 is 10.1 Å². The SMILES string of the molecule is Cc1cc(Oc2ncnc(Nc3cccc(Cl)c3Cl)c2[N+](=O)[O-])cc(C)c1Cl. The Hall–Kier alpha value is -2.61. The third-order valence-corrected chi connectivity index (χ3v) is 5.22. The summed E-state index contributed by atoms with van der Waals surface area (Å²) in [5.41, 5.74) is 1.47. The van der Waals surface area contributed by atoms with Crippen molar-refractivity contribution < 1.29 is 9.66 Å². The Morgan fingerprint density at radius 1 is 1.07 bits per heavy atom. The van der Waals surface area contributed by atoms with Crippen LogP contribution in [0.2, 0.25) is 15.1 Å².